The Labute approximate surface area is 213 Å². The van der Waals surface area contributed by atoms with E-state index in [0.29, 0.717) is 30.4 Å². The van der Waals surface area contributed by atoms with E-state index >= 15 is 0 Å². The SMILES string of the molecule is CCC(=NOCCOc1cccc(CC(=O)[O-])c1)c1ccc(C2CCCCCC2)cc1.[Na+]. The van der Waals surface area contributed by atoms with Gasteiger partial charge in [-0.15, -0.1) is 0 Å². The molecule has 6 heteroatoms. The van der Waals surface area contributed by atoms with Crippen molar-refractivity contribution < 1.29 is 49.0 Å². The Kier molecular flexibility index (Phi) is 11.9. The van der Waals surface area contributed by atoms with Gasteiger partial charge in [-0.3, -0.25) is 0 Å². The van der Waals surface area contributed by atoms with Crippen LogP contribution in [-0.2, 0) is 16.1 Å². The van der Waals surface area contributed by atoms with E-state index in [1.165, 1.54) is 44.1 Å². The zero-order valence-electron chi connectivity index (χ0n) is 19.3. The Balaban J connectivity index is 0.00000363. The summed E-state index contributed by atoms with van der Waals surface area (Å²) in [4.78, 5) is 16.2. The summed E-state index contributed by atoms with van der Waals surface area (Å²) < 4.78 is 5.63. The van der Waals surface area contributed by atoms with Crippen LogP contribution in [0.2, 0.25) is 0 Å². The van der Waals surface area contributed by atoms with Crippen LogP contribution in [-0.4, -0.2) is 24.9 Å². The molecule has 0 saturated heterocycles. The molecule has 0 unspecified atom stereocenters. The second-order valence-electron chi connectivity index (χ2n) is 8.08. The van der Waals surface area contributed by atoms with Crippen LogP contribution in [0.3, 0.4) is 0 Å². The molecule has 3 rings (SSSR count). The van der Waals surface area contributed by atoms with Crippen LogP contribution in [0.1, 0.15) is 74.5 Å². The van der Waals surface area contributed by atoms with Crippen LogP contribution in [0.15, 0.2) is 53.7 Å². The maximum Gasteiger partial charge on any atom is 1.00 e. The Morgan fingerprint density at radius 3 is 2.41 bits per heavy atom. The van der Waals surface area contributed by atoms with Crippen molar-refractivity contribution in [2.75, 3.05) is 13.2 Å². The van der Waals surface area contributed by atoms with Gasteiger partial charge in [0.15, 0.2) is 6.61 Å². The zero-order chi connectivity index (χ0) is 21.9. The number of rotatable bonds is 10. The van der Waals surface area contributed by atoms with Crippen LogP contribution in [0, 0.1) is 0 Å². The van der Waals surface area contributed by atoms with Crippen molar-refractivity contribution in [1.29, 1.82) is 0 Å². The van der Waals surface area contributed by atoms with Gasteiger partial charge in [0.1, 0.15) is 12.4 Å². The number of benzene rings is 2. The minimum atomic E-state index is -1.11. The van der Waals surface area contributed by atoms with Gasteiger partial charge in [0.05, 0.1) is 5.71 Å². The van der Waals surface area contributed by atoms with Crippen LogP contribution in [0.5, 0.6) is 5.75 Å². The van der Waals surface area contributed by atoms with Crippen molar-refractivity contribution in [1.82, 2.24) is 0 Å². The van der Waals surface area contributed by atoms with Crippen molar-refractivity contribution >= 4 is 11.7 Å². The normalized spacial score (nSPS) is 14.8. The first kappa shape index (κ1) is 26.4. The summed E-state index contributed by atoms with van der Waals surface area (Å²) in [5, 5.41) is 15.0. The zero-order valence-corrected chi connectivity index (χ0v) is 21.3. The second-order valence-corrected chi connectivity index (χ2v) is 8.08. The first-order chi connectivity index (χ1) is 15.2. The third-order valence-electron chi connectivity index (χ3n) is 5.77. The number of carbonyl (C=O) groups is 1. The standard InChI is InChI=1S/C26H33NO4.Na/c1-2-25(23-14-12-22(13-15-23)21-9-5-3-4-6-10-21)27-31-17-16-30-24-11-7-8-20(18-24)19-26(28)29;/h7-8,11-15,18,21H,2-6,9-10,16-17,19H2,1H3,(H,28,29);/q;+1/p-1. The number of hydrogen-bond acceptors (Lipinski definition) is 5. The minimum Gasteiger partial charge on any atom is -0.550 e. The van der Waals surface area contributed by atoms with E-state index in [1.54, 1.807) is 24.3 Å². The first-order valence-electron chi connectivity index (χ1n) is 11.4. The molecule has 166 valence electrons. The molecule has 0 spiro atoms. The van der Waals surface area contributed by atoms with E-state index in [4.69, 9.17) is 9.57 Å². The second kappa shape index (κ2) is 14.4. The van der Waals surface area contributed by atoms with E-state index in [2.05, 4.69) is 36.3 Å². The fourth-order valence-electron chi connectivity index (χ4n) is 4.11. The Bertz CT molecular complexity index is 858. The summed E-state index contributed by atoms with van der Waals surface area (Å²) in [5.74, 6) is 0.192. The molecule has 1 aliphatic carbocycles. The molecule has 0 amide bonds. The average molecular weight is 446 g/mol. The first-order valence-corrected chi connectivity index (χ1v) is 11.4. The number of carboxylic acid groups (broad SMARTS) is 1. The molecule has 5 nitrogen and oxygen atoms in total. The fourth-order valence-corrected chi connectivity index (χ4v) is 4.11. The van der Waals surface area contributed by atoms with E-state index in [-0.39, 0.29) is 36.0 Å². The summed E-state index contributed by atoms with van der Waals surface area (Å²) >= 11 is 0. The fraction of sp³-hybridized carbons (Fsp3) is 0.462. The third-order valence-corrected chi connectivity index (χ3v) is 5.77. The van der Waals surface area contributed by atoms with Gasteiger partial charge in [-0.1, -0.05) is 74.2 Å². The van der Waals surface area contributed by atoms with Crippen molar-refractivity contribution in [2.45, 2.75) is 64.2 Å². The molecular weight excluding hydrogens is 413 g/mol. The summed E-state index contributed by atoms with van der Waals surface area (Å²) in [5.41, 5.74) is 4.10. The summed E-state index contributed by atoms with van der Waals surface area (Å²) in [7, 11) is 0. The summed E-state index contributed by atoms with van der Waals surface area (Å²) in [6.07, 6.45) is 8.67. The van der Waals surface area contributed by atoms with Crippen LogP contribution in [0.4, 0.5) is 0 Å². The topological polar surface area (TPSA) is 71.0 Å². The number of aliphatic carboxylic acids is 1. The van der Waals surface area contributed by atoms with Gasteiger partial charge in [0.25, 0.3) is 0 Å². The number of carbonyl (C=O) groups excluding carboxylic acids is 1. The predicted molar refractivity (Wildman–Crippen MR) is 120 cm³/mol. The van der Waals surface area contributed by atoms with Gasteiger partial charge in [-0.05, 0) is 54.0 Å². The summed E-state index contributed by atoms with van der Waals surface area (Å²) in [6.45, 7) is 2.71. The molecule has 0 atom stereocenters. The number of nitrogens with zero attached hydrogens (tertiary/aromatic N) is 1. The van der Waals surface area contributed by atoms with Crippen LogP contribution >= 0.6 is 0 Å². The Hall–Kier alpha value is -1.82. The maximum atomic E-state index is 10.7. The molecule has 2 aromatic rings. The van der Waals surface area contributed by atoms with Crippen molar-refractivity contribution in [3.8, 4) is 5.75 Å². The number of hydrogen-bond donors (Lipinski definition) is 0. The van der Waals surface area contributed by atoms with Crippen molar-refractivity contribution in [2.24, 2.45) is 5.16 Å². The van der Waals surface area contributed by atoms with Crippen molar-refractivity contribution in [3.05, 3.63) is 65.2 Å². The molecule has 2 aromatic carbocycles. The molecule has 0 bridgehead atoms. The van der Waals surface area contributed by atoms with E-state index in [1.807, 2.05) is 0 Å². The van der Waals surface area contributed by atoms with Gasteiger partial charge >= 0.3 is 29.6 Å². The van der Waals surface area contributed by atoms with Crippen molar-refractivity contribution in [3.63, 3.8) is 0 Å². The molecule has 0 aliphatic heterocycles. The van der Waals surface area contributed by atoms with Gasteiger partial charge in [-0.2, -0.15) is 0 Å². The summed E-state index contributed by atoms with van der Waals surface area (Å²) in [6, 6.07) is 15.8. The van der Waals surface area contributed by atoms with Gasteiger partial charge < -0.3 is 19.5 Å². The smallest absolute Gasteiger partial charge is 0.550 e. The predicted octanol–water partition coefficient (Wildman–Crippen LogP) is 1.63. The Morgan fingerprint density at radius 2 is 1.75 bits per heavy atom. The average Bonchev–Trinajstić information content (AvgIpc) is 3.06. The Morgan fingerprint density at radius 1 is 1.03 bits per heavy atom. The van der Waals surface area contributed by atoms with E-state index in [0.717, 1.165) is 17.7 Å². The molecular formula is C26H32NNaO4. The molecule has 1 fully saturated rings. The van der Waals surface area contributed by atoms with E-state index < -0.39 is 5.97 Å². The molecule has 1 aliphatic rings. The van der Waals surface area contributed by atoms with Gasteiger partial charge in [0.2, 0.25) is 0 Å². The number of carboxylic acids is 1. The minimum absolute atomic E-state index is 0. The molecule has 1 saturated carbocycles. The number of ether oxygens (including phenoxy) is 1. The van der Waals surface area contributed by atoms with Crippen LogP contribution < -0.4 is 39.4 Å². The van der Waals surface area contributed by atoms with E-state index in [9.17, 15) is 9.90 Å². The largest absolute Gasteiger partial charge is 1.00 e. The quantitative estimate of drug-likeness (QED) is 0.183. The molecule has 0 radical (unpaired) electrons. The molecule has 0 N–H and O–H groups in total. The maximum absolute atomic E-state index is 10.7. The molecule has 0 aromatic heterocycles. The monoisotopic (exact) mass is 445 g/mol. The number of oxime groups is 1. The van der Waals surface area contributed by atoms with Crippen LogP contribution in [0.25, 0.3) is 0 Å². The van der Waals surface area contributed by atoms with Gasteiger partial charge in [-0.25, -0.2) is 0 Å². The molecule has 0 heterocycles. The molecule has 32 heavy (non-hydrogen) atoms. The third kappa shape index (κ3) is 8.61. The van der Waals surface area contributed by atoms with Gasteiger partial charge in [0, 0.05) is 12.4 Å².